The van der Waals surface area contributed by atoms with Gasteiger partial charge in [-0.3, -0.25) is 9.59 Å². The van der Waals surface area contributed by atoms with Gasteiger partial charge in [-0.1, -0.05) is 23.9 Å². The number of alkyl halides is 3. The average Bonchev–Trinajstić information content (AvgIpc) is 2.83. The molecule has 5 nitrogen and oxygen atoms in total. The molecule has 0 spiro atoms. The number of rotatable bonds is 5. The number of benzene rings is 1. The van der Waals surface area contributed by atoms with Crippen LogP contribution in [0.3, 0.4) is 0 Å². The first-order valence-corrected chi connectivity index (χ1v) is 7.80. The fraction of sp³-hybridized carbons (Fsp3) is 0.429. The maximum Gasteiger partial charge on any atom is 0.573 e. The Morgan fingerprint density at radius 2 is 2.04 bits per heavy atom. The largest absolute Gasteiger partial charge is 0.573 e. The summed E-state index contributed by atoms with van der Waals surface area (Å²) in [5.41, 5.74) is 0.634. The van der Waals surface area contributed by atoms with Crippen molar-refractivity contribution in [3.8, 4) is 5.75 Å². The van der Waals surface area contributed by atoms with Crippen molar-refractivity contribution in [3.05, 3.63) is 29.8 Å². The SMILES string of the molecule is C[C@H](NC(=O)CN1CCSC1=O)c1ccc(OC(F)(F)F)cc1. The number of hydrogen-bond donors (Lipinski definition) is 1. The first kappa shape index (κ1) is 17.5. The molecule has 1 aliphatic heterocycles. The van der Waals surface area contributed by atoms with E-state index in [0.29, 0.717) is 17.9 Å². The first-order chi connectivity index (χ1) is 10.7. The monoisotopic (exact) mass is 348 g/mol. The zero-order valence-electron chi connectivity index (χ0n) is 12.2. The molecule has 0 bridgehead atoms. The molecule has 1 atom stereocenters. The van der Waals surface area contributed by atoms with Crippen molar-refractivity contribution in [1.82, 2.24) is 10.2 Å². The molecule has 2 amide bonds. The number of nitrogens with one attached hydrogen (secondary N) is 1. The normalized spacial score (nSPS) is 16.3. The van der Waals surface area contributed by atoms with E-state index < -0.39 is 12.4 Å². The van der Waals surface area contributed by atoms with Crippen LogP contribution in [0.1, 0.15) is 18.5 Å². The van der Waals surface area contributed by atoms with Crippen molar-refractivity contribution in [1.29, 1.82) is 0 Å². The van der Waals surface area contributed by atoms with E-state index in [1.54, 1.807) is 6.92 Å². The molecule has 1 heterocycles. The summed E-state index contributed by atoms with van der Waals surface area (Å²) in [4.78, 5) is 24.8. The van der Waals surface area contributed by atoms with Crippen molar-refractivity contribution in [2.24, 2.45) is 0 Å². The number of nitrogens with zero attached hydrogens (tertiary/aromatic N) is 1. The molecule has 1 aliphatic rings. The van der Waals surface area contributed by atoms with E-state index in [9.17, 15) is 22.8 Å². The molecular weight excluding hydrogens is 333 g/mol. The van der Waals surface area contributed by atoms with Gasteiger partial charge < -0.3 is 15.0 Å². The lowest BCUT2D eigenvalue weighted by molar-refractivity contribution is -0.274. The highest BCUT2D eigenvalue weighted by Crippen LogP contribution is 2.24. The summed E-state index contributed by atoms with van der Waals surface area (Å²) >= 11 is 1.17. The van der Waals surface area contributed by atoms with Gasteiger partial charge in [0.25, 0.3) is 5.24 Å². The second-order valence-electron chi connectivity index (χ2n) is 4.94. The van der Waals surface area contributed by atoms with Crippen molar-refractivity contribution in [2.45, 2.75) is 19.3 Å². The fourth-order valence-corrected chi connectivity index (χ4v) is 2.90. The Bertz CT molecular complexity index is 578. The van der Waals surface area contributed by atoms with E-state index in [1.165, 1.54) is 40.9 Å². The summed E-state index contributed by atoms with van der Waals surface area (Å²) in [6.07, 6.45) is -4.73. The van der Waals surface area contributed by atoms with Gasteiger partial charge in [0, 0.05) is 12.3 Å². The van der Waals surface area contributed by atoms with Gasteiger partial charge in [0.2, 0.25) is 5.91 Å². The molecule has 1 saturated heterocycles. The average molecular weight is 348 g/mol. The fourth-order valence-electron chi connectivity index (χ4n) is 2.07. The number of ether oxygens (including phenoxy) is 1. The van der Waals surface area contributed by atoms with Gasteiger partial charge in [0.15, 0.2) is 0 Å². The zero-order valence-corrected chi connectivity index (χ0v) is 13.0. The number of carbonyl (C=O) groups is 2. The third-order valence-corrected chi connectivity index (χ3v) is 4.06. The molecule has 1 aromatic carbocycles. The highest BCUT2D eigenvalue weighted by atomic mass is 32.2. The number of thioether (sulfide) groups is 1. The van der Waals surface area contributed by atoms with Gasteiger partial charge in [0.05, 0.1) is 6.04 Å². The molecule has 0 aliphatic carbocycles. The smallest absolute Gasteiger partial charge is 0.406 e. The molecule has 0 aromatic heterocycles. The van der Waals surface area contributed by atoms with E-state index in [1.807, 2.05) is 0 Å². The molecule has 9 heteroatoms. The second kappa shape index (κ2) is 7.12. The van der Waals surface area contributed by atoms with Gasteiger partial charge in [-0.25, -0.2) is 0 Å². The molecule has 2 rings (SSSR count). The minimum absolute atomic E-state index is 0.0224. The van der Waals surface area contributed by atoms with E-state index in [4.69, 9.17) is 0 Å². The van der Waals surface area contributed by atoms with E-state index in [-0.39, 0.29) is 23.4 Å². The highest BCUT2D eigenvalue weighted by Gasteiger charge is 2.31. The summed E-state index contributed by atoms with van der Waals surface area (Å²) in [6.45, 7) is 2.22. The predicted octanol–water partition coefficient (Wildman–Crippen LogP) is 2.93. The minimum Gasteiger partial charge on any atom is -0.406 e. The van der Waals surface area contributed by atoms with Crippen LogP contribution in [0.25, 0.3) is 0 Å². The molecule has 1 N–H and O–H groups in total. The highest BCUT2D eigenvalue weighted by molar-refractivity contribution is 8.13. The van der Waals surface area contributed by atoms with Crippen LogP contribution in [0.4, 0.5) is 18.0 Å². The number of halogens is 3. The molecule has 0 saturated carbocycles. The molecule has 126 valence electrons. The van der Waals surface area contributed by atoms with Crippen molar-refractivity contribution in [3.63, 3.8) is 0 Å². The van der Waals surface area contributed by atoms with Gasteiger partial charge in [-0.15, -0.1) is 13.2 Å². The maximum atomic E-state index is 12.1. The van der Waals surface area contributed by atoms with E-state index in [2.05, 4.69) is 10.1 Å². The third kappa shape index (κ3) is 5.34. The Labute approximate surface area is 135 Å². The molecule has 1 aromatic rings. The quantitative estimate of drug-likeness (QED) is 0.889. The van der Waals surface area contributed by atoms with Crippen LogP contribution in [0, 0.1) is 0 Å². The molecule has 0 unspecified atom stereocenters. The summed E-state index contributed by atoms with van der Waals surface area (Å²) in [5.74, 6) is 0.0333. The number of hydrogen-bond acceptors (Lipinski definition) is 4. The van der Waals surface area contributed by atoms with Crippen molar-refractivity contribution < 1.29 is 27.5 Å². The Kier molecular flexibility index (Phi) is 5.40. The van der Waals surface area contributed by atoms with Crippen LogP contribution in [0.2, 0.25) is 0 Å². The molecular formula is C14H15F3N2O3S. The Morgan fingerprint density at radius 3 is 2.57 bits per heavy atom. The van der Waals surface area contributed by atoms with Crippen LogP contribution in [0.15, 0.2) is 24.3 Å². The van der Waals surface area contributed by atoms with Gasteiger partial charge >= 0.3 is 6.36 Å². The van der Waals surface area contributed by atoms with E-state index in [0.717, 1.165) is 0 Å². The Hall–Kier alpha value is -1.90. The predicted molar refractivity (Wildman–Crippen MR) is 79.1 cm³/mol. The molecule has 0 radical (unpaired) electrons. The summed E-state index contributed by atoms with van der Waals surface area (Å²) in [6, 6.07) is 4.87. The lowest BCUT2D eigenvalue weighted by Gasteiger charge is -2.18. The standard InChI is InChI=1S/C14H15F3N2O3S/c1-9(18-12(20)8-19-6-7-23-13(19)21)10-2-4-11(5-3-10)22-14(15,16)17/h2-5,9H,6-8H2,1H3,(H,18,20)/t9-/m0/s1. The lowest BCUT2D eigenvalue weighted by atomic mass is 10.1. The van der Waals surface area contributed by atoms with Crippen LogP contribution in [-0.4, -0.2) is 41.3 Å². The Morgan fingerprint density at radius 1 is 1.39 bits per heavy atom. The maximum absolute atomic E-state index is 12.1. The minimum atomic E-state index is -4.73. The Balaban J connectivity index is 1.88. The van der Waals surface area contributed by atoms with Gasteiger partial charge in [-0.2, -0.15) is 0 Å². The number of carbonyl (C=O) groups excluding carboxylic acids is 2. The topological polar surface area (TPSA) is 58.6 Å². The summed E-state index contributed by atoms with van der Waals surface area (Å²) in [7, 11) is 0. The lowest BCUT2D eigenvalue weighted by Crippen LogP contribution is -2.38. The second-order valence-corrected chi connectivity index (χ2v) is 5.99. The third-order valence-electron chi connectivity index (χ3n) is 3.17. The van der Waals surface area contributed by atoms with E-state index >= 15 is 0 Å². The van der Waals surface area contributed by atoms with Crippen LogP contribution in [0.5, 0.6) is 5.75 Å². The number of amides is 2. The van der Waals surface area contributed by atoms with Crippen molar-refractivity contribution in [2.75, 3.05) is 18.8 Å². The van der Waals surface area contributed by atoms with Crippen LogP contribution < -0.4 is 10.1 Å². The van der Waals surface area contributed by atoms with Crippen LogP contribution >= 0.6 is 11.8 Å². The van der Waals surface area contributed by atoms with Crippen molar-refractivity contribution >= 4 is 22.9 Å². The van der Waals surface area contributed by atoms with Gasteiger partial charge in [-0.05, 0) is 24.6 Å². The summed E-state index contributed by atoms with van der Waals surface area (Å²) in [5, 5.41) is 2.58. The van der Waals surface area contributed by atoms with Gasteiger partial charge in [0.1, 0.15) is 12.3 Å². The zero-order chi connectivity index (χ0) is 17.0. The molecule has 23 heavy (non-hydrogen) atoms. The van der Waals surface area contributed by atoms with Crippen LogP contribution in [-0.2, 0) is 4.79 Å². The summed E-state index contributed by atoms with van der Waals surface area (Å²) < 4.78 is 40.0. The first-order valence-electron chi connectivity index (χ1n) is 6.81. The molecule has 1 fully saturated rings.